The average Bonchev–Trinajstić information content (AvgIpc) is 2.50. The molecule has 146 valence electrons. The van der Waals surface area contributed by atoms with Gasteiger partial charge in [-0.2, -0.15) is 0 Å². The highest BCUT2D eigenvalue weighted by molar-refractivity contribution is 5.78. The summed E-state index contributed by atoms with van der Waals surface area (Å²) in [7, 11) is 0. The second kappa shape index (κ2) is 9.85. The zero-order chi connectivity index (χ0) is 19.0. The van der Waals surface area contributed by atoms with Gasteiger partial charge >= 0.3 is 6.09 Å². The van der Waals surface area contributed by atoms with Crippen molar-refractivity contribution in [1.29, 1.82) is 0 Å². The smallest absolute Gasteiger partial charge is 0.410 e. The van der Waals surface area contributed by atoms with Crippen LogP contribution in [0.1, 0.15) is 47.5 Å². The molecule has 1 amide bonds. The Bertz CT molecular complexity index is 438. The largest absolute Gasteiger partial charge is 0.444 e. The summed E-state index contributed by atoms with van der Waals surface area (Å²) in [4.78, 5) is 20.3. The molecule has 7 heteroatoms. The lowest BCUT2D eigenvalue weighted by molar-refractivity contribution is 0.0186. The van der Waals surface area contributed by atoms with Gasteiger partial charge in [-0.05, 0) is 45.4 Å². The van der Waals surface area contributed by atoms with E-state index in [-0.39, 0.29) is 12.7 Å². The maximum absolute atomic E-state index is 12.1. The van der Waals surface area contributed by atoms with Crippen LogP contribution in [0.5, 0.6) is 0 Å². The molecule has 7 nitrogen and oxygen atoms in total. The lowest BCUT2D eigenvalue weighted by Gasteiger charge is -2.36. The number of hydrogen-bond donors (Lipinski definition) is 2. The van der Waals surface area contributed by atoms with Crippen molar-refractivity contribution in [3.05, 3.63) is 0 Å². The molecule has 1 aliphatic heterocycles. The van der Waals surface area contributed by atoms with E-state index in [1.165, 1.54) is 0 Å². The molecule has 1 saturated heterocycles. The number of aliphatic hydroxyl groups is 1. The number of carbonyl (C=O) groups excluding carboxylic acids is 1. The van der Waals surface area contributed by atoms with E-state index in [9.17, 15) is 9.90 Å². The number of nitrogens with two attached hydrogens (primary N) is 1. The molecule has 1 heterocycles. The Kier molecular flexibility index (Phi) is 8.48. The van der Waals surface area contributed by atoms with Gasteiger partial charge in [0, 0.05) is 39.3 Å². The predicted molar refractivity (Wildman–Crippen MR) is 101 cm³/mol. The number of aliphatic hydroxyl groups excluding tert-OH is 1. The minimum absolute atomic E-state index is 0.182. The van der Waals surface area contributed by atoms with Gasteiger partial charge in [-0.15, -0.1) is 0 Å². The molecule has 1 atom stereocenters. The molecule has 1 rings (SSSR count). The Labute approximate surface area is 152 Å². The summed E-state index contributed by atoms with van der Waals surface area (Å²) >= 11 is 0. The lowest BCUT2D eigenvalue weighted by Crippen LogP contribution is -2.53. The number of carbonyl (C=O) groups is 1. The van der Waals surface area contributed by atoms with Gasteiger partial charge in [0.2, 0.25) is 0 Å². The molecule has 0 saturated carbocycles. The van der Waals surface area contributed by atoms with Gasteiger partial charge in [-0.25, -0.2) is 4.79 Å². The van der Waals surface area contributed by atoms with Gasteiger partial charge in [-0.1, -0.05) is 13.8 Å². The SMILES string of the molecule is CC(C)CC(CCO)CN=C(N)N1CCN(C(=O)OC(C)(C)C)CC1. The number of ether oxygens (including phenoxy) is 1. The first-order valence-corrected chi connectivity index (χ1v) is 9.26. The van der Waals surface area contributed by atoms with Crippen LogP contribution >= 0.6 is 0 Å². The number of hydrogen-bond acceptors (Lipinski definition) is 4. The molecule has 3 N–H and O–H groups in total. The standard InChI is InChI=1S/C18H36N4O3/c1-14(2)12-15(6-11-23)13-20-16(19)21-7-9-22(10-8-21)17(24)25-18(3,4)5/h14-15,23H,6-13H2,1-5H3,(H2,19,20). The molecule has 0 bridgehead atoms. The fourth-order valence-electron chi connectivity index (χ4n) is 2.90. The summed E-state index contributed by atoms with van der Waals surface area (Å²) in [6.07, 6.45) is 1.51. The van der Waals surface area contributed by atoms with Gasteiger partial charge in [0.25, 0.3) is 0 Å². The van der Waals surface area contributed by atoms with Crippen LogP contribution in [0.3, 0.4) is 0 Å². The second-order valence-electron chi connectivity index (χ2n) is 8.16. The minimum atomic E-state index is -0.479. The summed E-state index contributed by atoms with van der Waals surface area (Å²) in [6, 6.07) is 0. The molecule has 0 aromatic carbocycles. The first-order valence-electron chi connectivity index (χ1n) is 9.26. The Morgan fingerprint density at radius 1 is 1.20 bits per heavy atom. The van der Waals surface area contributed by atoms with E-state index in [0.717, 1.165) is 12.8 Å². The van der Waals surface area contributed by atoms with Crippen molar-refractivity contribution in [3.63, 3.8) is 0 Å². The van der Waals surface area contributed by atoms with Gasteiger partial charge in [0.1, 0.15) is 5.60 Å². The minimum Gasteiger partial charge on any atom is -0.444 e. The van der Waals surface area contributed by atoms with Crippen LogP contribution in [0.15, 0.2) is 4.99 Å². The quantitative estimate of drug-likeness (QED) is 0.560. The summed E-state index contributed by atoms with van der Waals surface area (Å²) < 4.78 is 5.40. The molecule has 0 radical (unpaired) electrons. The van der Waals surface area contributed by atoms with E-state index in [0.29, 0.717) is 50.5 Å². The fraction of sp³-hybridized carbons (Fsp3) is 0.889. The third kappa shape index (κ3) is 8.43. The number of guanidine groups is 1. The molecule has 25 heavy (non-hydrogen) atoms. The summed E-state index contributed by atoms with van der Waals surface area (Å²) in [6.45, 7) is 13.2. The van der Waals surface area contributed by atoms with Gasteiger partial charge in [0.15, 0.2) is 5.96 Å². The third-order valence-corrected chi connectivity index (χ3v) is 4.11. The normalized spacial score (nSPS) is 17.8. The van der Waals surface area contributed by atoms with Crippen LogP contribution in [0.2, 0.25) is 0 Å². The zero-order valence-corrected chi connectivity index (χ0v) is 16.5. The molecule has 1 fully saturated rings. The third-order valence-electron chi connectivity index (χ3n) is 4.11. The van der Waals surface area contributed by atoms with Crippen molar-refractivity contribution in [3.8, 4) is 0 Å². The first-order chi connectivity index (χ1) is 11.6. The Morgan fingerprint density at radius 3 is 2.24 bits per heavy atom. The van der Waals surface area contributed by atoms with Crippen LogP contribution < -0.4 is 5.73 Å². The van der Waals surface area contributed by atoms with Crippen molar-refractivity contribution in [2.24, 2.45) is 22.6 Å². The van der Waals surface area contributed by atoms with Crippen LogP contribution in [0, 0.1) is 11.8 Å². The van der Waals surface area contributed by atoms with Crippen molar-refractivity contribution in [2.45, 2.75) is 53.1 Å². The van der Waals surface area contributed by atoms with Crippen molar-refractivity contribution in [1.82, 2.24) is 9.80 Å². The maximum atomic E-state index is 12.1. The summed E-state index contributed by atoms with van der Waals surface area (Å²) in [5.41, 5.74) is 5.65. The number of rotatable bonds is 6. The van der Waals surface area contributed by atoms with E-state index in [1.54, 1.807) is 4.90 Å². The first kappa shape index (κ1) is 21.5. The van der Waals surface area contributed by atoms with Crippen LogP contribution in [0.25, 0.3) is 0 Å². The Hall–Kier alpha value is -1.50. The molecule has 0 spiro atoms. The number of piperazine rings is 1. The zero-order valence-electron chi connectivity index (χ0n) is 16.5. The van der Waals surface area contributed by atoms with Gasteiger partial charge < -0.3 is 25.4 Å². The Morgan fingerprint density at radius 2 is 1.76 bits per heavy atom. The average molecular weight is 357 g/mol. The van der Waals surface area contributed by atoms with Crippen molar-refractivity contribution < 1.29 is 14.6 Å². The molecular formula is C18H36N4O3. The highest BCUT2D eigenvalue weighted by Crippen LogP contribution is 2.16. The van der Waals surface area contributed by atoms with E-state index in [1.807, 2.05) is 25.7 Å². The topological polar surface area (TPSA) is 91.4 Å². The van der Waals surface area contributed by atoms with E-state index in [2.05, 4.69) is 18.8 Å². The predicted octanol–water partition coefficient (Wildman–Crippen LogP) is 1.90. The molecule has 1 unspecified atom stereocenters. The Balaban J connectivity index is 2.48. The highest BCUT2D eigenvalue weighted by Gasteiger charge is 2.26. The molecule has 0 aliphatic carbocycles. The van der Waals surface area contributed by atoms with Crippen molar-refractivity contribution in [2.75, 3.05) is 39.3 Å². The summed E-state index contributed by atoms with van der Waals surface area (Å²) in [5, 5.41) is 9.19. The van der Waals surface area contributed by atoms with Crippen LogP contribution in [0.4, 0.5) is 4.79 Å². The van der Waals surface area contributed by atoms with Gasteiger partial charge in [0.05, 0.1) is 0 Å². The van der Waals surface area contributed by atoms with Crippen LogP contribution in [-0.2, 0) is 4.74 Å². The maximum Gasteiger partial charge on any atom is 0.410 e. The molecule has 0 aromatic heterocycles. The van der Waals surface area contributed by atoms with E-state index in [4.69, 9.17) is 10.5 Å². The monoisotopic (exact) mass is 356 g/mol. The van der Waals surface area contributed by atoms with Crippen LogP contribution in [-0.4, -0.2) is 71.9 Å². The van der Waals surface area contributed by atoms with E-state index < -0.39 is 5.60 Å². The number of nitrogens with zero attached hydrogens (tertiary/aromatic N) is 3. The molecule has 0 aromatic rings. The summed E-state index contributed by atoms with van der Waals surface area (Å²) in [5.74, 6) is 1.45. The highest BCUT2D eigenvalue weighted by atomic mass is 16.6. The second-order valence-corrected chi connectivity index (χ2v) is 8.16. The number of amides is 1. The van der Waals surface area contributed by atoms with E-state index >= 15 is 0 Å². The van der Waals surface area contributed by atoms with Crippen molar-refractivity contribution >= 4 is 12.1 Å². The number of aliphatic imine (C=N–C) groups is 1. The molecule has 1 aliphatic rings. The lowest BCUT2D eigenvalue weighted by atomic mass is 9.94. The fourth-order valence-corrected chi connectivity index (χ4v) is 2.90. The van der Waals surface area contributed by atoms with Gasteiger partial charge in [-0.3, -0.25) is 4.99 Å². The molecular weight excluding hydrogens is 320 g/mol.